The summed E-state index contributed by atoms with van der Waals surface area (Å²) in [4.78, 5) is 0. The molecule has 2 rings (SSSR count). The third-order valence-corrected chi connectivity index (χ3v) is 2.65. The standard InChI is InChI=1S/C8H5Cl2N3S/c9-6-3-7(10)5-8(4-6)13-12-11-1-2-14-13/h1-5H. The summed E-state index contributed by atoms with van der Waals surface area (Å²) in [5, 5.41) is 10.6. The van der Waals surface area contributed by atoms with Crippen LogP contribution in [0.2, 0.25) is 10.0 Å². The molecule has 0 unspecified atom stereocenters. The number of halogens is 2. The molecule has 0 amide bonds. The fourth-order valence-corrected chi connectivity index (χ4v) is 2.02. The van der Waals surface area contributed by atoms with Gasteiger partial charge in [-0.25, -0.2) is 0 Å². The molecule has 0 bridgehead atoms. The second-order valence-corrected chi connectivity index (χ2v) is 4.20. The number of hydrogen-bond donors (Lipinski definition) is 0. The Hall–Kier alpha value is -0.710. The van der Waals surface area contributed by atoms with E-state index in [4.69, 9.17) is 23.2 Å². The predicted molar refractivity (Wildman–Crippen MR) is 60.5 cm³/mol. The lowest BCUT2D eigenvalue weighted by Gasteiger charge is -2.15. The highest BCUT2D eigenvalue weighted by molar-refractivity contribution is 8.03. The first-order valence-corrected chi connectivity index (χ1v) is 5.34. The van der Waals surface area contributed by atoms with Gasteiger partial charge in [0.05, 0.1) is 11.9 Å². The van der Waals surface area contributed by atoms with Gasteiger partial charge in [-0.1, -0.05) is 28.4 Å². The summed E-state index contributed by atoms with van der Waals surface area (Å²) in [6, 6.07) is 5.23. The van der Waals surface area contributed by atoms with Crippen molar-refractivity contribution < 1.29 is 0 Å². The quantitative estimate of drug-likeness (QED) is 0.691. The second kappa shape index (κ2) is 4.21. The van der Waals surface area contributed by atoms with Crippen LogP contribution in [0.5, 0.6) is 0 Å². The Kier molecular flexibility index (Phi) is 2.96. The molecule has 1 heterocycles. The molecule has 14 heavy (non-hydrogen) atoms. The highest BCUT2D eigenvalue weighted by Gasteiger charge is 2.08. The SMILES string of the molecule is Clc1cc(Cl)cc(N2N=NC=CS2)c1. The van der Waals surface area contributed by atoms with Crippen LogP contribution in [0.15, 0.2) is 40.1 Å². The molecule has 0 atom stereocenters. The van der Waals surface area contributed by atoms with Gasteiger partial charge in [-0.2, -0.15) is 4.41 Å². The lowest BCUT2D eigenvalue weighted by atomic mass is 10.3. The van der Waals surface area contributed by atoms with Crippen molar-refractivity contribution in [3.63, 3.8) is 0 Å². The second-order valence-electron chi connectivity index (χ2n) is 2.50. The first kappa shape index (κ1) is 9.83. The van der Waals surface area contributed by atoms with Crippen molar-refractivity contribution in [2.45, 2.75) is 0 Å². The fourth-order valence-electron chi connectivity index (χ4n) is 0.972. The van der Waals surface area contributed by atoms with E-state index in [1.54, 1.807) is 28.8 Å². The maximum atomic E-state index is 5.86. The van der Waals surface area contributed by atoms with Gasteiger partial charge < -0.3 is 0 Å². The van der Waals surface area contributed by atoms with Gasteiger partial charge in [-0.05, 0) is 18.2 Å². The molecular formula is C8H5Cl2N3S. The van der Waals surface area contributed by atoms with Crippen molar-refractivity contribution in [2.75, 3.05) is 4.41 Å². The molecule has 0 radical (unpaired) electrons. The molecule has 0 fully saturated rings. The molecule has 1 aromatic rings. The molecule has 1 aromatic carbocycles. The van der Waals surface area contributed by atoms with Crippen molar-refractivity contribution in [1.29, 1.82) is 0 Å². The zero-order valence-corrected chi connectivity index (χ0v) is 9.22. The summed E-state index contributed by atoms with van der Waals surface area (Å²) < 4.78 is 1.64. The maximum absolute atomic E-state index is 5.86. The van der Waals surface area contributed by atoms with Crippen LogP contribution in [0.3, 0.4) is 0 Å². The van der Waals surface area contributed by atoms with E-state index in [-0.39, 0.29) is 0 Å². The van der Waals surface area contributed by atoms with E-state index in [1.165, 1.54) is 11.9 Å². The van der Waals surface area contributed by atoms with Crippen molar-refractivity contribution >= 4 is 40.8 Å². The minimum Gasteiger partial charge on any atom is -0.184 e. The zero-order valence-electron chi connectivity index (χ0n) is 6.89. The van der Waals surface area contributed by atoms with Gasteiger partial charge in [-0.3, -0.25) is 0 Å². The van der Waals surface area contributed by atoms with Gasteiger partial charge in [0.1, 0.15) is 0 Å². The average Bonchev–Trinajstić information content (AvgIpc) is 2.18. The molecular weight excluding hydrogens is 241 g/mol. The summed E-state index contributed by atoms with van der Waals surface area (Å²) in [5.41, 5.74) is 0.806. The highest BCUT2D eigenvalue weighted by Crippen LogP contribution is 2.31. The first-order valence-electron chi connectivity index (χ1n) is 3.74. The molecule has 1 aliphatic rings. The lowest BCUT2D eigenvalue weighted by Crippen LogP contribution is -2.04. The summed E-state index contributed by atoms with van der Waals surface area (Å²) >= 11 is 13.1. The molecule has 6 heteroatoms. The minimum atomic E-state index is 0.581. The normalized spacial score (nSPS) is 14.9. The van der Waals surface area contributed by atoms with Crippen LogP contribution >= 0.6 is 35.1 Å². The van der Waals surface area contributed by atoms with E-state index in [9.17, 15) is 0 Å². The minimum absolute atomic E-state index is 0.581. The van der Waals surface area contributed by atoms with Crippen LogP contribution in [-0.2, 0) is 0 Å². The lowest BCUT2D eigenvalue weighted by molar-refractivity contribution is 1.04. The molecule has 0 saturated heterocycles. The Morgan fingerprint density at radius 2 is 1.86 bits per heavy atom. The van der Waals surface area contributed by atoms with Crippen LogP contribution in [0.1, 0.15) is 0 Å². The Morgan fingerprint density at radius 3 is 2.43 bits per heavy atom. The third-order valence-electron chi connectivity index (χ3n) is 1.49. The maximum Gasteiger partial charge on any atom is 0.0774 e. The predicted octanol–water partition coefficient (Wildman–Crippen LogP) is 4.30. The van der Waals surface area contributed by atoms with E-state index < -0.39 is 0 Å². The van der Waals surface area contributed by atoms with Gasteiger partial charge >= 0.3 is 0 Å². The first-order chi connectivity index (χ1) is 6.75. The van der Waals surface area contributed by atoms with Gasteiger partial charge in [-0.15, -0.1) is 5.11 Å². The van der Waals surface area contributed by atoms with Crippen molar-refractivity contribution in [3.8, 4) is 0 Å². The zero-order chi connectivity index (χ0) is 9.97. The van der Waals surface area contributed by atoms with Gasteiger partial charge in [0, 0.05) is 27.4 Å². The van der Waals surface area contributed by atoms with E-state index in [1.807, 2.05) is 5.41 Å². The van der Waals surface area contributed by atoms with E-state index in [0.717, 1.165) is 5.69 Å². The molecule has 0 aliphatic carbocycles. The van der Waals surface area contributed by atoms with Gasteiger partial charge in [0.25, 0.3) is 0 Å². The van der Waals surface area contributed by atoms with Crippen LogP contribution < -0.4 is 4.41 Å². The van der Waals surface area contributed by atoms with Crippen LogP contribution in [-0.4, -0.2) is 0 Å². The molecule has 3 nitrogen and oxygen atoms in total. The van der Waals surface area contributed by atoms with Gasteiger partial charge in [0.15, 0.2) is 0 Å². The number of nitrogens with zero attached hydrogens (tertiary/aromatic N) is 3. The molecule has 1 aliphatic heterocycles. The Morgan fingerprint density at radius 1 is 1.14 bits per heavy atom. The summed E-state index contributed by atoms with van der Waals surface area (Å²) in [7, 11) is 0. The van der Waals surface area contributed by atoms with E-state index in [0.29, 0.717) is 10.0 Å². The molecule has 0 saturated carbocycles. The Balaban J connectivity index is 2.32. The topological polar surface area (TPSA) is 28.0 Å². The molecule has 0 spiro atoms. The van der Waals surface area contributed by atoms with Crippen molar-refractivity contribution in [1.82, 2.24) is 0 Å². The van der Waals surface area contributed by atoms with E-state index in [2.05, 4.69) is 10.3 Å². The highest BCUT2D eigenvalue weighted by atomic mass is 35.5. The van der Waals surface area contributed by atoms with E-state index >= 15 is 0 Å². The smallest absolute Gasteiger partial charge is 0.0774 e. The van der Waals surface area contributed by atoms with Crippen LogP contribution in [0, 0.1) is 0 Å². The molecule has 0 aromatic heterocycles. The van der Waals surface area contributed by atoms with Gasteiger partial charge in [0.2, 0.25) is 0 Å². The number of hydrogen-bond acceptors (Lipinski definition) is 4. The van der Waals surface area contributed by atoms with Crippen LogP contribution in [0.25, 0.3) is 0 Å². The molecule has 72 valence electrons. The number of anilines is 1. The Labute approximate surface area is 95.5 Å². The van der Waals surface area contributed by atoms with Crippen molar-refractivity contribution in [3.05, 3.63) is 39.9 Å². The summed E-state index contributed by atoms with van der Waals surface area (Å²) in [5.74, 6) is 0. The number of rotatable bonds is 1. The Bertz CT molecular complexity index is 385. The van der Waals surface area contributed by atoms with Crippen LogP contribution in [0.4, 0.5) is 5.69 Å². The average molecular weight is 246 g/mol. The van der Waals surface area contributed by atoms with Crippen molar-refractivity contribution in [2.24, 2.45) is 10.3 Å². The molecule has 0 N–H and O–H groups in total. The third kappa shape index (κ3) is 2.20. The largest absolute Gasteiger partial charge is 0.184 e. The monoisotopic (exact) mass is 245 g/mol. The number of benzene rings is 1. The summed E-state index contributed by atoms with van der Waals surface area (Å²) in [6.45, 7) is 0. The fraction of sp³-hybridized carbons (Fsp3) is 0. The summed E-state index contributed by atoms with van der Waals surface area (Å²) in [6.07, 6.45) is 1.62.